The Morgan fingerprint density at radius 3 is 3.00 bits per heavy atom. The molecule has 9 heavy (non-hydrogen) atoms. The lowest BCUT2D eigenvalue weighted by atomic mass is 10.4. The van der Waals surface area contributed by atoms with Crippen LogP contribution in [0.15, 0.2) is 29.5 Å². The summed E-state index contributed by atoms with van der Waals surface area (Å²) in [6, 6.07) is 0. The van der Waals surface area contributed by atoms with Crippen LogP contribution < -0.4 is 0 Å². The molecular formula is C6H7N3. The van der Waals surface area contributed by atoms with Crippen molar-refractivity contribution in [3.8, 4) is 0 Å². The van der Waals surface area contributed by atoms with Crippen LogP contribution in [-0.4, -0.2) is 17.6 Å². The molecule has 1 N–H and O–H groups in total. The van der Waals surface area contributed by atoms with Crippen molar-refractivity contribution in [2.45, 2.75) is 0 Å². The molecule has 3 heteroatoms. The molecule has 0 radical (unpaired) electrons. The lowest BCUT2D eigenvalue weighted by molar-refractivity contribution is 0.584. The van der Waals surface area contributed by atoms with E-state index in [-0.39, 0.29) is 0 Å². The molecule has 0 saturated heterocycles. The van der Waals surface area contributed by atoms with Gasteiger partial charge in [-0.05, 0) is 12.2 Å². The predicted octanol–water partition coefficient (Wildman–Crippen LogP) is 0.965. The first-order valence-electron chi connectivity index (χ1n) is 2.54. The smallest absolute Gasteiger partial charge is 0.109 e. The van der Waals surface area contributed by atoms with Gasteiger partial charge < -0.3 is 0 Å². The normalized spacial score (nSPS) is 16.4. The van der Waals surface area contributed by atoms with Crippen molar-refractivity contribution in [1.82, 2.24) is 5.01 Å². The number of rotatable bonds is 1. The molecule has 1 heterocycles. The van der Waals surface area contributed by atoms with E-state index < -0.39 is 0 Å². The number of allylic oxidation sites excluding steroid dienone is 2. The van der Waals surface area contributed by atoms with Crippen LogP contribution in [0.2, 0.25) is 0 Å². The zero-order valence-corrected chi connectivity index (χ0v) is 4.91. The Balaban J connectivity index is 2.77. The maximum atomic E-state index is 6.82. The topological polar surface area (TPSA) is 39.5 Å². The summed E-state index contributed by atoms with van der Waals surface area (Å²) >= 11 is 0. The van der Waals surface area contributed by atoms with Gasteiger partial charge in [0.1, 0.15) is 6.34 Å². The summed E-state index contributed by atoms with van der Waals surface area (Å²) in [6.07, 6.45) is 6.29. The van der Waals surface area contributed by atoms with Crippen LogP contribution in [-0.2, 0) is 0 Å². The molecule has 0 amide bonds. The van der Waals surface area contributed by atoms with Crippen molar-refractivity contribution in [2.75, 3.05) is 0 Å². The van der Waals surface area contributed by atoms with E-state index in [9.17, 15) is 0 Å². The average molecular weight is 121 g/mol. The maximum Gasteiger partial charge on any atom is 0.109 e. The molecule has 0 spiro atoms. The van der Waals surface area contributed by atoms with Crippen LogP contribution in [0, 0.1) is 5.41 Å². The highest BCUT2D eigenvalue weighted by Gasteiger charge is 1.98. The van der Waals surface area contributed by atoms with E-state index in [0.717, 1.165) is 6.34 Å². The largest absolute Gasteiger partial charge is 0.289 e. The van der Waals surface area contributed by atoms with E-state index in [1.807, 2.05) is 0 Å². The van der Waals surface area contributed by atoms with E-state index in [0.29, 0.717) is 5.70 Å². The molecule has 0 bridgehead atoms. The lowest BCUT2D eigenvalue weighted by Crippen LogP contribution is -2.13. The van der Waals surface area contributed by atoms with Crippen LogP contribution >= 0.6 is 0 Å². The fourth-order valence-electron chi connectivity index (χ4n) is 0.531. The summed E-state index contributed by atoms with van der Waals surface area (Å²) < 4.78 is 0. The first-order valence-corrected chi connectivity index (χ1v) is 2.54. The number of nitrogens with zero attached hydrogens (tertiary/aromatic N) is 2. The number of hydrazone groups is 1. The van der Waals surface area contributed by atoms with E-state index in [4.69, 9.17) is 5.41 Å². The average Bonchev–Trinajstić information content (AvgIpc) is 1.89. The second-order valence-corrected chi connectivity index (χ2v) is 1.59. The maximum absolute atomic E-state index is 6.82. The first-order chi connectivity index (χ1) is 4.34. The Hall–Kier alpha value is -1.38. The van der Waals surface area contributed by atoms with Crippen LogP contribution in [0.4, 0.5) is 0 Å². The third kappa shape index (κ3) is 1.05. The molecule has 0 saturated carbocycles. The molecule has 0 unspecified atom stereocenters. The highest BCUT2D eigenvalue weighted by Crippen LogP contribution is 2.03. The molecule has 0 atom stereocenters. The van der Waals surface area contributed by atoms with Gasteiger partial charge in [0.15, 0.2) is 0 Å². The molecule has 0 aromatic heterocycles. The Morgan fingerprint density at radius 2 is 2.56 bits per heavy atom. The summed E-state index contributed by atoms with van der Waals surface area (Å²) in [5.74, 6) is 0. The fourth-order valence-corrected chi connectivity index (χ4v) is 0.531. The van der Waals surface area contributed by atoms with Crippen molar-refractivity contribution < 1.29 is 0 Å². The fraction of sp³-hybridized carbons (Fsp3) is 0. The van der Waals surface area contributed by atoms with Gasteiger partial charge in [0.2, 0.25) is 0 Å². The monoisotopic (exact) mass is 121 g/mol. The zero-order valence-electron chi connectivity index (χ0n) is 4.91. The molecule has 1 aliphatic rings. The second-order valence-electron chi connectivity index (χ2n) is 1.59. The van der Waals surface area contributed by atoms with E-state index in [1.54, 1.807) is 18.4 Å². The van der Waals surface area contributed by atoms with Gasteiger partial charge in [0.05, 0.1) is 5.70 Å². The Kier molecular flexibility index (Phi) is 1.44. The zero-order chi connectivity index (χ0) is 6.69. The summed E-state index contributed by atoms with van der Waals surface area (Å²) in [6.45, 7) is 3.64. The van der Waals surface area contributed by atoms with E-state index in [1.165, 1.54) is 5.01 Å². The van der Waals surface area contributed by atoms with Gasteiger partial charge in [-0.3, -0.25) is 5.41 Å². The number of hydrogen-bond donors (Lipinski definition) is 1. The van der Waals surface area contributed by atoms with Gasteiger partial charge in [-0.1, -0.05) is 6.58 Å². The van der Waals surface area contributed by atoms with Crippen LogP contribution in [0.1, 0.15) is 0 Å². The van der Waals surface area contributed by atoms with Gasteiger partial charge in [0, 0.05) is 6.21 Å². The van der Waals surface area contributed by atoms with Crippen molar-refractivity contribution in [1.29, 1.82) is 5.41 Å². The minimum Gasteiger partial charge on any atom is -0.289 e. The minimum absolute atomic E-state index is 0.715. The van der Waals surface area contributed by atoms with E-state index in [2.05, 4.69) is 11.7 Å². The number of hydrogen-bond acceptors (Lipinski definition) is 2. The minimum atomic E-state index is 0.715. The van der Waals surface area contributed by atoms with Crippen LogP contribution in [0.3, 0.4) is 0 Å². The van der Waals surface area contributed by atoms with Crippen LogP contribution in [0.5, 0.6) is 0 Å². The predicted molar refractivity (Wildman–Crippen MR) is 37.4 cm³/mol. The summed E-state index contributed by atoms with van der Waals surface area (Å²) in [4.78, 5) is 0. The van der Waals surface area contributed by atoms with E-state index >= 15 is 0 Å². The van der Waals surface area contributed by atoms with Crippen molar-refractivity contribution in [2.24, 2.45) is 5.10 Å². The Bertz CT molecular complexity index is 190. The quantitative estimate of drug-likeness (QED) is 0.407. The SMILES string of the molecule is C=C1C=CC=NN1C=N. The molecule has 0 aromatic rings. The van der Waals surface area contributed by atoms with Crippen molar-refractivity contribution in [3.63, 3.8) is 0 Å². The highest BCUT2D eigenvalue weighted by atomic mass is 15.5. The van der Waals surface area contributed by atoms with Gasteiger partial charge in [0.25, 0.3) is 0 Å². The second kappa shape index (κ2) is 2.26. The number of nitrogens with one attached hydrogen (secondary N) is 1. The van der Waals surface area contributed by atoms with Gasteiger partial charge >= 0.3 is 0 Å². The van der Waals surface area contributed by atoms with Crippen LogP contribution in [0.25, 0.3) is 0 Å². The summed E-state index contributed by atoms with van der Waals surface area (Å²) in [5, 5.41) is 12.0. The van der Waals surface area contributed by atoms with Gasteiger partial charge in [-0.25, -0.2) is 5.01 Å². The summed E-state index contributed by atoms with van der Waals surface area (Å²) in [7, 11) is 0. The third-order valence-electron chi connectivity index (χ3n) is 0.982. The van der Waals surface area contributed by atoms with Crippen molar-refractivity contribution in [3.05, 3.63) is 24.4 Å². The van der Waals surface area contributed by atoms with Crippen molar-refractivity contribution >= 4 is 12.6 Å². The Morgan fingerprint density at radius 1 is 1.78 bits per heavy atom. The molecule has 0 fully saturated rings. The third-order valence-corrected chi connectivity index (χ3v) is 0.982. The highest BCUT2D eigenvalue weighted by molar-refractivity contribution is 5.75. The molecule has 0 aliphatic carbocycles. The molecular weight excluding hydrogens is 114 g/mol. The molecule has 1 rings (SSSR count). The van der Waals surface area contributed by atoms with Gasteiger partial charge in [-0.2, -0.15) is 5.10 Å². The lowest BCUT2D eigenvalue weighted by Gasteiger charge is -2.13. The van der Waals surface area contributed by atoms with Gasteiger partial charge in [-0.15, -0.1) is 0 Å². The molecule has 0 aromatic carbocycles. The Labute approximate surface area is 53.5 Å². The standard InChI is InChI=1S/C6H7N3/c1-6-3-2-4-8-9(6)5-7/h2-5,7H,1H2. The first kappa shape index (κ1) is 5.75. The molecule has 1 aliphatic heterocycles. The summed E-state index contributed by atoms with van der Waals surface area (Å²) in [5.41, 5.74) is 0.715. The molecule has 3 nitrogen and oxygen atoms in total. The molecule has 46 valence electrons.